The maximum Gasteiger partial charge on any atom is 0.306 e. The van der Waals surface area contributed by atoms with Crippen LogP contribution >= 0.6 is 0 Å². The Labute approximate surface area is 415 Å². The quantitative estimate of drug-likeness (QED) is 0.0262. The van der Waals surface area contributed by atoms with Gasteiger partial charge in [-0.25, -0.2) is 0 Å². The van der Waals surface area contributed by atoms with Crippen LogP contribution in [0.5, 0.6) is 0 Å². The number of allylic oxidation sites excluding steroid dienone is 10. The predicted octanol–water partition coefficient (Wildman–Crippen LogP) is 19.2. The molecule has 0 amide bonds. The zero-order chi connectivity index (χ0) is 48.6. The Balaban J connectivity index is 4.41. The lowest BCUT2D eigenvalue weighted by Gasteiger charge is -2.18. The topological polar surface area (TPSA) is 78.9 Å². The highest BCUT2D eigenvalue weighted by atomic mass is 16.6. The third-order valence-electron chi connectivity index (χ3n) is 12.5. The summed E-state index contributed by atoms with van der Waals surface area (Å²) in [6.07, 6.45) is 69.2. The van der Waals surface area contributed by atoms with E-state index in [2.05, 4.69) is 81.5 Å². The second-order valence-corrected chi connectivity index (χ2v) is 19.2. The molecule has 0 aliphatic heterocycles. The van der Waals surface area contributed by atoms with Gasteiger partial charge in [-0.2, -0.15) is 0 Å². The first kappa shape index (κ1) is 64.1. The average Bonchev–Trinajstić information content (AvgIpc) is 3.33. The van der Waals surface area contributed by atoms with E-state index in [1.807, 2.05) is 0 Å². The van der Waals surface area contributed by atoms with Gasteiger partial charge in [-0.15, -0.1) is 0 Å². The standard InChI is InChI=1S/C61H108O6/c1-4-7-10-13-16-19-22-25-28-30-31-32-34-36-39-42-45-48-51-54-60(63)66-57-58(56-65-59(62)53-50-47-44-41-38-35-27-24-21-18-15-12-9-6-3)67-61(64)55-52-49-46-43-40-37-33-29-26-23-20-17-14-11-8-5-2/h7,10,16,19,25,28,31-32,36,39,58H,4-6,8-9,11-15,17-18,20-24,26-27,29-30,33-35,37-38,40-57H2,1-3H3/b10-7-,19-16-,28-25-,32-31-,39-36-. The highest BCUT2D eigenvalue weighted by Gasteiger charge is 2.19. The van der Waals surface area contributed by atoms with Gasteiger partial charge in [-0.05, 0) is 64.2 Å². The molecule has 0 saturated heterocycles. The minimum atomic E-state index is -0.784. The molecule has 6 nitrogen and oxygen atoms in total. The summed E-state index contributed by atoms with van der Waals surface area (Å²) in [5, 5.41) is 0. The molecule has 0 aromatic heterocycles. The summed E-state index contributed by atoms with van der Waals surface area (Å²) >= 11 is 0. The van der Waals surface area contributed by atoms with Gasteiger partial charge in [-0.1, -0.05) is 268 Å². The molecule has 67 heavy (non-hydrogen) atoms. The van der Waals surface area contributed by atoms with Crippen molar-refractivity contribution in [1.82, 2.24) is 0 Å². The smallest absolute Gasteiger partial charge is 0.306 e. The molecule has 1 unspecified atom stereocenters. The fourth-order valence-electron chi connectivity index (χ4n) is 8.24. The number of rotatable bonds is 52. The average molecular weight is 938 g/mol. The van der Waals surface area contributed by atoms with Gasteiger partial charge in [0.2, 0.25) is 0 Å². The molecule has 6 heteroatoms. The molecule has 0 rings (SSSR count). The van der Waals surface area contributed by atoms with E-state index in [0.717, 1.165) is 96.3 Å². The van der Waals surface area contributed by atoms with Crippen molar-refractivity contribution in [3.63, 3.8) is 0 Å². The van der Waals surface area contributed by atoms with Gasteiger partial charge < -0.3 is 14.2 Å². The van der Waals surface area contributed by atoms with Gasteiger partial charge in [-0.3, -0.25) is 14.4 Å². The monoisotopic (exact) mass is 937 g/mol. The molecule has 0 fully saturated rings. The van der Waals surface area contributed by atoms with Crippen LogP contribution in [0.3, 0.4) is 0 Å². The second-order valence-electron chi connectivity index (χ2n) is 19.2. The van der Waals surface area contributed by atoms with Crippen molar-refractivity contribution in [1.29, 1.82) is 0 Å². The molecule has 0 N–H and O–H groups in total. The Morgan fingerprint density at radius 2 is 0.582 bits per heavy atom. The lowest BCUT2D eigenvalue weighted by atomic mass is 10.0. The third kappa shape index (κ3) is 53.9. The molecule has 388 valence electrons. The Morgan fingerprint density at radius 3 is 0.910 bits per heavy atom. The highest BCUT2D eigenvalue weighted by Crippen LogP contribution is 2.16. The molecule has 0 aromatic rings. The summed E-state index contributed by atoms with van der Waals surface area (Å²) in [6, 6.07) is 0. The van der Waals surface area contributed by atoms with E-state index < -0.39 is 6.10 Å². The lowest BCUT2D eigenvalue weighted by Crippen LogP contribution is -2.30. The van der Waals surface area contributed by atoms with E-state index in [0.29, 0.717) is 19.3 Å². The van der Waals surface area contributed by atoms with Gasteiger partial charge in [0.1, 0.15) is 13.2 Å². The molecule has 0 bridgehead atoms. The molecule has 0 aliphatic carbocycles. The number of ether oxygens (including phenoxy) is 3. The number of carbonyl (C=O) groups is 3. The van der Waals surface area contributed by atoms with Gasteiger partial charge in [0, 0.05) is 19.3 Å². The molecular weight excluding hydrogens is 829 g/mol. The summed E-state index contributed by atoms with van der Waals surface area (Å²) in [5.74, 6) is -0.899. The molecule has 0 heterocycles. The van der Waals surface area contributed by atoms with Crippen molar-refractivity contribution >= 4 is 17.9 Å². The zero-order valence-corrected chi connectivity index (χ0v) is 44.4. The van der Waals surface area contributed by atoms with Gasteiger partial charge in [0.05, 0.1) is 0 Å². The van der Waals surface area contributed by atoms with Gasteiger partial charge in [0.25, 0.3) is 0 Å². The van der Waals surface area contributed by atoms with Crippen molar-refractivity contribution in [2.45, 2.75) is 297 Å². The van der Waals surface area contributed by atoms with Crippen LogP contribution in [0.2, 0.25) is 0 Å². The van der Waals surface area contributed by atoms with Gasteiger partial charge >= 0.3 is 17.9 Å². The summed E-state index contributed by atoms with van der Waals surface area (Å²) in [6.45, 7) is 6.53. The van der Waals surface area contributed by atoms with E-state index in [9.17, 15) is 14.4 Å². The highest BCUT2D eigenvalue weighted by molar-refractivity contribution is 5.71. The molecule has 0 spiro atoms. The van der Waals surface area contributed by atoms with E-state index in [-0.39, 0.29) is 31.1 Å². The number of unbranched alkanes of at least 4 members (excludes halogenated alkanes) is 31. The first-order chi connectivity index (χ1) is 33.0. The van der Waals surface area contributed by atoms with Crippen LogP contribution < -0.4 is 0 Å². The van der Waals surface area contributed by atoms with Crippen molar-refractivity contribution in [3.8, 4) is 0 Å². The maximum atomic E-state index is 12.9. The SMILES string of the molecule is CC/C=C\C/C=C\C/C=C\C/C=C\C/C=C\CCCCCC(=O)OCC(COC(=O)CCCCCCCCCCCCCCCC)OC(=O)CCCCCCCCCCCCCCCCCC. The van der Waals surface area contributed by atoms with Crippen LogP contribution in [0, 0.1) is 0 Å². The van der Waals surface area contributed by atoms with Crippen LogP contribution in [-0.4, -0.2) is 37.2 Å². The molecule has 1 atom stereocenters. The Hall–Kier alpha value is -2.89. The predicted molar refractivity (Wildman–Crippen MR) is 288 cm³/mol. The van der Waals surface area contributed by atoms with Crippen molar-refractivity contribution in [3.05, 3.63) is 60.8 Å². The third-order valence-corrected chi connectivity index (χ3v) is 12.5. The number of esters is 3. The number of carbonyl (C=O) groups excluding carboxylic acids is 3. The van der Waals surface area contributed by atoms with E-state index in [1.54, 1.807) is 0 Å². The molecule has 0 aliphatic rings. The van der Waals surface area contributed by atoms with Crippen molar-refractivity contribution in [2.75, 3.05) is 13.2 Å². The minimum Gasteiger partial charge on any atom is -0.462 e. The molecule has 0 radical (unpaired) electrons. The molecular formula is C61H108O6. The Kier molecular flexibility index (Phi) is 53.3. The fourth-order valence-corrected chi connectivity index (χ4v) is 8.24. The molecule has 0 saturated carbocycles. The summed E-state index contributed by atoms with van der Waals surface area (Å²) in [7, 11) is 0. The maximum absolute atomic E-state index is 12.9. The summed E-state index contributed by atoms with van der Waals surface area (Å²) < 4.78 is 16.9. The largest absolute Gasteiger partial charge is 0.462 e. The van der Waals surface area contributed by atoms with Gasteiger partial charge in [0.15, 0.2) is 6.10 Å². The number of hydrogen-bond donors (Lipinski definition) is 0. The zero-order valence-electron chi connectivity index (χ0n) is 44.4. The van der Waals surface area contributed by atoms with Crippen LogP contribution in [0.15, 0.2) is 60.8 Å². The van der Waals surface area contributed by atoms with E-state index in [4.69, 9.17) is 14.2 Å². The minimum absolute atomic E-state index is 0.0807. The van der Waals surface area contributed by atoms with E-state index in [1.165, 1.54) is 154 Å². The lowest BCUT2D eigenvalue weighted by molar-refractivity contribution is -0.167. The fraction of sp³-hybridized carbons (Fsp3) is 0.787. The Morgan fingerprint density at radius 1 is 0.313 bits per heavy atom. The van der Waals surface area contributed by atoms with Crippen LogP contribution in [0.4, 0.5) is 0 Å². The number of hydrogen-bond acceptors (Lipinski definition) is 6. The van der Waals surface area contributed by atoms with Crippen LogP contribution in [-0.2, 0) is 28.6 Å². The molecule has 0 aromatic carbocycles. The normalized spacial score (nSPS) is 12.5. The Bertz CT molecular complexity index is 1210. The summed E-state index contributed by atoms with van der Waals surface area (Å²) in [4.78, 5) is 38.1. The second kappa shape index (κ2) is 55.7. The van der Waals surface area contributed by atoms with Crippen LogP contribution in [0.25, 0.3) is 0 Å². The summed E-state index contributed by atoms with van der Waals surface area (Å²) in [5.41, 5.74) is 0. The van der Waals surface area contributed by atoms with E-state index >= 15 is 0 Å². The van der Waals surface area contributed by atoms with Crippen LogP contribution in [0.1, 0.15) is 290 Å². The first-order valence-corrected chi connectivity index (χ1v) is 28.8. The van der Waals surface area contributed by atoms with Crippen molar-refractivity contribution < 1.29 is 28.6 Å². The van der Waals surface area contributed by atoms with Crippen molar-refractivity contribution in [2.24, 2.45) is 0 Å². The first-order valence-electron chi connectivity index (χ1n) is 28.8.